The normalized spacial score (nSPS) is 12.3. The third kappa shape index (κ3) is 3.39. The second-order valence-corrected chi connectivity index (χ2v) is 5.46. The zero-order valence-electron chi connectivity index (χ0n) is 14.0. The van der Waals surface area contributed by atoms with Gasteiger partial charge >= 0.3 is 0 Å². The molecule has 22 heavy (non-hydrogen) atoms. The van der Waals surface area contributed by atoms with E-state index >= 15 is 0 Å². The van der Waals surface area contributed by atoms with Crippen LogP contribution in [0.1, 0.15) is 29.7 Å². The molecule has 0 fully saturated rings. The fourth-order valence-corrected chi connectivity index (χ4v) is 2.64. The summed E-state index contributed by atoms with van der Waals surface area (Å²) < 4.78 is 10.9. The highest BCUT2D eigenvalue weighted by Gasteiger charge is 2.16. The summed E-state index contributed by atoms with van der Waals surface area (Å²) in [6.45, 7) is 5.00. The first-order valence-electron chi connectivity index (χ1n) is 7.39. The molecule has 1 heterocycles. The van der Waals surface area contributed by atoms with Gasteiger partial charge in [-0.3, -0.25) is 9.88 Å². The summed E-state index contributed by atoms with van der Waals surface area (Å²) in [5, 5.41) is 0. The lowest BCUT2D eigenvalue weighted by Gasteiger charge is -2.26. The molecule has 2 rings (SSSR count). The van der Waals surface area contributed by atoms with E-state index in [1.165, 1.54) is 5.56 Å². The summed E-state index contributed by atoms with van der Waals surface area (Å²) >= 11 is 0. The number of aromatic nitrogens is 1. The highest BCUT2D eigenvalue weighted by molar-refractivity contribution is 5.49. The van der Waals surface area contributed by atoms with Crippen molar-refractivity contribution < 1.29 is 9.47 Å². The highest BCUT2D eigenvalue weighted by Crippen LogP contribution is 2.33. The van der Waals surface area contributed by atoms with Crippen molar-refractivity contribution in [3.05, 3.63) is 53.3 Å². The predicted octanol–water partition coefficient (Wildman–Crippen LogP) is 3.60. The van der Waals surface area contributed by atoms with Gasteiger partial charge in [0.1, 0.15) is 11.5 Å². The van der Waals surface area contributed by atoms with E-state index in [-0.39, 0.29) is 6.04 Å². The third-order valence-electron chi connectivity index (χ3n) is 4.11. The Hall–Kier alpha value is -2.07. The first kappa shape index (κ1) is 16.3. The van der Waals surface area contributed by atoms with Crippen molar-refractivity contribution in [2.75, 3.05) is 21.3 Å². The molecule has 0 saturated heterocycles. The van der Waals surface area contributed by atoms with E-state index in [4.69, 9.17) is 9.47 Å². The van der Waals surface area contributed by atoms with Crippen molar-refractivity contribution in [1.29, 1.82) is 0 Å². The Labute approximate surface area is 132 Å². The number of nitrogens with zero attached hydrogens (tertiary/aromatic N) is 2. The molecule has 0 bridgehead atoms. The number of hydrogen-bond acceptors (Lipinski definition) is 4. The Morgan fingerprint density at radius 1 is 1.18 bits per heavy atom. The van der Waals surface area contributed by atoms with Gasteiger partial charge in [0.2, 0.25) is 0 Å². The van der Waals surface area contributed by atoms with Crippen molar-refractivity contribution in [3.63, 3.8) is 0 Å². The minimum absolute atomic E-state index is 0.279. The molecule has 0 aliphatic rings. The smallest absolute Gasteiger partial charge is 0.129 e. The Kier molecular flexibility index (Phi) is 5.39. The van der Waals surface area contributed by atoms with Gasteiger partial charge in [-0.05, 0) is 38.6 Å². The van der Waals surface area contributed by atoms with E-state index in [1.54, 1.807) is 20.4 Å². The Morgan fingerprint density at radius 2 is 1.95 bits per heavy atom. The lowest BCUT2D eigenvalue weighted by atomic mass is 10.1. The van der Waals surface area contributed by atoms with Crippen LogP contribution in [-0.4, -0.2) is 31.2 Å². The SMILES string of the molecule is COc1ccc(CN(C)C(C)c2cccnc2)c(OC)c1C. The minimum atomic E-state index is 0.279. The summed E-state index contributed by atoms with van der Waals surface area (Å²) in [4.78, 5) is 6.48. The van der Waals surface area contributed by atoms with Crippen molar-refractivity contribution in [2.24, 2.45) is 0 Å². The molecule has 0 amide bonds. The van der Waals surface area contributed by atoms with Crippen molar-refractivity contribution in [1.82, 2.24) is 9.88 Å². The average molecular weight is 300 g/mol. The average Bonchev–Trinajstić information content (AvgIpc) is 2.55. The lowest BCUT2D eigenvalue weighted by molar-refractivity contribution is 0.248. The van der Waals surface area contributed by atoms with Gasteiger partial charge in [-0.25, -0.2) is 0 Å². The van der Waals surface area contributed by atoms with Crippen LogP contribution in [-0.2, 0) is 6.54 Å². The molecule has 4 heteroatoms. The van der Waals surface area contributed by atoms with Crippen LogP contribution < -0.4 is 9.47 Å². The van der Waals surface area contributed by atoms with Gasteiger partial charge in [-0.15, -0.1) is 0 Å². The van der Waals surface area contributed by atoms with E-state index in [0.717, 1.165) is 29.2 Å². The molecule has 4 nitrogen and oxygen atoms in total. The monoisotopic (exact) mass is 300 g/mol. The fourth-order valence-electron chi connectivity index (χ4n) is 2.64. The molecule has 2 aromatic rings. The summed E-state index contributed by atoms with van der Waals surface area (Å²) in [6, 6.07) is 8.41. The quantitative estimate of drug-likeness (QED) is 0.816. The number of ether oxygens (including phenoxy) is 2. The molecule has 1 aromatic carbocycles. The number of rotatable bonds is 6. The Balaban J connectivity index is 2.21. The Morgan fingerprint density at radius 3 is 2.55 bits per heavy atom. The summed E-state index contributed by atoms with van der Waals surface area (Å²) in [7, 11) is 5.49. The molecular formula is C18H24N2O2. The number of benzene rings is 1. The van der Waals surface area contributed by atoms with Gasteiger partial charge in [0.15, 0.2) is 0 Å². The molecule has 1 aromatic heterocycles. The molecular weight excluding hydrogens is 276 g/mol. The van der Waals surface area contributed by atoms with Crippen LogP contribution in [0.25, 0.3) is 0 Å². The predicted molar refractivity (Wildman–Crippen MR) is 88.4 cm³/mol. The summed E-state index contributed by atoms with van der Waals surface area (Å²) in [6.07, 6.45) is 3.71. The molecule has 0 aliphatic carbocycles. The topological polar surface area (TPSA) is 34.6 Å². The maximum Gasteiger partial charge on any atom is 0.129 e. The zero-order valence-corrected chi connectivity index (χ0v) is 14.0. The molecule has 118 valence electrons. The van der Waals surface area contributed by atoms with Crippen LogP contribution in [0.4, 0.5) is 0 Å². The molecule has 0 radical (unpaired) electrons. The van der Waals surface area contributed by atoms with Crippen molar-refractivity contribution >= 4 is 0 Å². The third-order valence-corrected chi connectivity index (χ3v) is 4.11. The van der Waals surface area contributed by atoms with Crippen LogP contribution in [0.5, 0.6) is 11.5 Å². The van der Waals surface area contributed by atoms with Crippen LogP contribution in [0.3, 0.4) is 0 Å². The van der Waals surface area contributed by atoms with E-state index in [1.807, 2.05) is 25.3 Å². The largest absolute Gasteiger partial charge is 0.496 e. The number of pyridine rings is 1. The summed E-state index contributed by atoms with van der Waals surface area (Å²) in [5.41, 5.74) is 3.39. The van der Waals surface area contributed by atoms with Crippen LogP contribution in [0.2, 0.25) is 0 Å². The van der Waals surface area contributed by atoms with E-state index in [2.05, 4.69) is 36.0 Å². The molecule has 0 saturated carbocycles. The number of methoxy groups -OCH3 is 2. The fraction of sp³-hybridized carbons (Fsp3) is 0.389. The highest BCUT2D eigenvalue weighted by atomic mass is 16.5. The summed E-state index contributed by atoms with van der Waals surface area (Å²) in [5.74, 6) is 1.74. The number of hydrogen-bond donors (Lipinski definition) is 0. The second-order valence-electron chi connectivity index (χ2n) is 5.46. The van der Waals surface area contributed by atoms with E-state index in [0.29, 0.717) is 0 Å². The van der Waals surface area contributed by atoms with Gasteiger partial charge < -0.3 is 9.47 Å². The molecule has 0 aliphatic heterocycles. The van der Waals surface area contributed by atoms with E-state index < -0.39 is 0 Å². The molecule has 0 spiro atoms. The zero-order chi connectivity index (χ0) is 16.1. The molecule has 1 atom stereocenters. The van der Waals surface area contributed by atoms with Crippen LogP contribution >= 0.6 is 0 Å². The molecule has 1 unspecified atom stereocenters. The Bertz CT molecular complexity index is 614. The first-order chi connectivity index (χ1) is 10.6. The maximum absolute atomic E-state index is 5.59. The van der Waals surface area contributed by atoms with Gasteiger partial charge in [0.05, 0.1) is 14.2 Å². The van der Waals surface area contributed by atoms with Gasteiger partial charge in [-0.2, -0.15) is 0 Å². The van der Waals surface area contributed by atoms with Gasteiger partial charge in [-0.1, -0.05) is 12.1 Å². The molecule has 0 N–H and O–H groups in total. The van der Waals surface area contributed by atoms with Crippen LogP contribution in [0, 0.1) is 6.92 Å². The first-order valence-corrected chi connectivity index (χ1v) is 7.39. The second kappa shape index (κ2) is 7.27. The van der Waals surface area contributed by atoms with Gasteiger partial charge in [0, 0.05) is 36.1 Å². The van der Waals surface area contributed by atoms with E-state index in [9.17, 15) is 0 Å². The lowest BCUT2D eigenvalue weighted by Crippen LogP contribution is -2.22. The van der Waals surface area contributed by atoms with Crippen molar-refractivity contribution in [3.8, 4) is 11.5 Å². The van der Waals surface area contributed by atoms with Crippen LogP contribution in [0.15, 0.2) is 36.7 Å². The minimum Gasteiger partial charge on any atom is -0.496 e. The van der Waals surface area contributed by atoms with Gasteiger partial charge in [0.25, 0.3) is 0 Å². The standard InChI is InChI=1S/C18H24N2O2/c1-13-17(21-4)9-8-16(18(13)22-5)12-20(3)14(2)15-7-6-10-19-11-15/h6-11,14H,12H2,1-5H3. The maximum atomic E-state index is 5.59. The van der Waals surface area contributed by atoms with Crippen molar-refractivity contribution in [2.45, 2.75) is 26.4 Å².